The minimum Gasteiger partial charge on any atom is -0.516 e. The molecule has 1 nitrogen and oxygen atoms in total. The number of aliphatic hydroxyl groups excluding tert-OH is 1. The second kappa shape index (κ2) is 8.34. The standard InChI is InChI=1S/C8H8O.C4H6/c9-7-6-8-4-2-1-3-5-8;1-3-4-2/h1-7,9H;3-4H,1-2H2. The first-order valence-electron chi connectivity index (χ1n) is 3.94. The van der Waals surface area contributed by atoms with Crippen LogP contribution in [0.15, 0.2) is 61.9 Å². The van der Waals surface area contributed by atoms with Gasteiger partial charge in [-0.15, -0.1) is 0 Å². The number of rotatable bonds is 2. The van der Waals surface area contributed by atoms with Crippen molar-refractivity contribution in [1.29, 1.82) is 0 Å². The van der Waals surface area contributed by atoms with Crippen LogP contribution in [0.3, 0.4) is 0 Å². The molecule has 0 saturated carbocycles. The van der Waals surface area contributed by atoms with E-state index in [0.29, 0.717) is 0 Å². The minimum absolute atomic E-state index is 1.01. The molecule has 68 valence electrons. The van der Waals surface area contributed by atoms with E-state index in [1.165, 1.54) is 0 Å². The van der Waals surface area contributed by atoms with Crippen LogP contribution in [0.4, 0.5) is 0 Å². The highest BCUT2D eigenvalue weighted by Crippen LogP contribution is 1.98. The molecule has 0 fully saturated rings. The molecule has 1 rings (SSSR count). The summed E-state index contributed by atoms with van der Waals surface area (Å²) >= 11 is 0. The highest BCUT2D eigenvalue weighted by Gasteiger charge is 1.78. The summed E-state index contributed by atoms with van der Waals surface area (Å²) in [7, 11) is 0. The highest BCUT2D eigenvalue weighted by molar-refractivity contribution is 5.47. The zero-order valence-corrected chi connectivity index (χ0v) is 7.56. The Morgan fingerprint density at radius 3 is 1.92 bits per heavy atom. The van der Waals surface area contributed by atoms with Crippen molar-refractivity contribution < 1.29 is 5.11 Å². The summed E-state index contributed by atoms with van der Waals surface area (Å²) in [4.78, 5) is 0. The van der Waals surface area contributed by atoms with Crippen molar-refractivity contribution >= 4 is 6.08 Å². The van der Waals surface area contributed by atoms with Crippen molar-refractivity contribution in [2.45, 2.75) is 0 Å². The molecule has 1 N–H and O–H groups in total. The smallest absolute Gasteiger partial charge is 0.0797 e. The van der Waals surface area contributed by atoms with Crippen LogP contribution in [0, 0.1) is 0 Å². The van der Waals surface area contributed by atoms with E-state index in [1.54, 1.807) is 18.2 Å². The largest absolute Gasteiger partial charge is 0.516 e. The van der Waals surface area contributed by atoms with Crippen molar-refractivity contribution in [2.75, 3.05) is 0 Å². The van der Waals surface area contributed by atoms with Crippen molar-refractivity contribution in [3.05, 3.63) is 67.5 Å². The summed E-state index contributed by atoms with van der Waals surface area (Å²) < 4.78 is 0. The Morgan fingerprint density at radius 1 is 1.00 bits per heavy atom. The molecule has 1 heteroatoms. The van der Waals surface area contributed by atoms with Crippen molar-refractivity contribution in [2.24, 2.45) is 0 Å². The monoisotopic (exact) mass is 174 g/mol. The summed E-state index contributed by atoms with van der Waals surface area (Å²) in [6.45, 7) is 6.72. The zero-order valence-electron chi connectivity index (χ0n) is 7.56. The van der Waals surface area contributed by atoms with Crippen LogP contribution in [-0.2, 0) is 0 Å². The third-order valence-electron chi connectivity index (χ3n) is 1.23. The van der Waals surface area contributed by atoms with E-state index in [9.17, 15) is 0 Å². The minimum atomic E-state index is 1.01. The first-order chi connectivity index (χ1) is 6.35. The van der Waals surface area contributed by atoms with E-state index in [2.05, 4.69) is 13.2 Å². The Bertz CT molecular complexity index is 254. The molecule has 0 aliphatic heterocycles. The fourth-order valence-electron chi connectivity index (χ4n) is 0.650. The van der Waals surface area contributed by atoms with Gasteiger partial charge in [0.1, 0.15) is 0 Å². The van der Waals surface area contributed by atoms with Gasteiger partial charge in [-0.1, -0.05) is 55.6 Å². The summed E-state index contributed by atoms with van der Waals surface area (Å²) in [5.41, 5.74) is 1.01. The lowest BCUT2D eigenvalue weighted by Crippen LogP contribution is -1.66. The second-order valence-corrected chi connectivity index (χ2v) is 2.20. The van der Waals surface area contributed by atoms with E-state index in [4.69, 9.17) is 5.11 Å². The third kappa shape index (κ3) is 6.63. The van der Waals surface area contributed by atoms with Gasteiger partial charge in [0.2, 0.25) is 0 Å². The highest BCUT2D eigenvalue weighted by atomic mass is 16.2. The number of hydrogen-bond acceptors (Lipinski definition) is 1. The lowest BCUT2D eigenvalue weighted by atomic mass is 10.2. The van der Waals surface area contributed by atoms with E-state index < -0.39 is 0 Å². The molecular weight excluding hydrogens is 160 g/mol. The van der Waals surface area contributed by atoms with E-state index >= 15 is 0 Å². The molecule has 0 heterocycles. The topological polar surface area (TPSA) is 20.2 Å². The molecule has 0 spiro atoms. The fourth-order valence-corrected chi connectivity index (χ4v) is 0.650. The van der Waals surface area contributed by atoms with E-state index in [-0.39, 0.29) is 0 Å². The van der Waals surface area contributed by atoms with Crippen LogP contribution in [0.1, 0.15) is 5.56 Å². The molecule has 0 radical (unpaired) electrons. The summed E-state index contributed by atoms with van der Waals surface area (Å²) in [6.07, 6.45) is 5.95. The van der Waals surface area contributed by atoms with Gasteiger partial charge in [-0.25, -0.2) is 0 Å². The van der Waals surface area contributed by atoms with Gasteiger partial charge in [-0.2, -0.15) is 0 Å². The summed E-state index contributed by atoms with van der Waals surface area (Å²) in [6, 6.07) is 9.64. The fraction of sp³-hybridized carbons (Fsp3) is 0. The molecular formula is C12H14O. The average molecular weight is 174 g/mol. The number of hydrogen-bond donors (Lipinski definition) is 1. The van der Waals surface area contributed by atoms with Gasteiger partial charge in [0, 0.05) is 0 Å². The maximum atomic E-state index is 8.34. The first kappa shape index (κ1) is 11.2. The lowest BCUT2D eigenvalue weighted by Gasteiger charge is -1.86. The van der Waals surface area contributed by atoms with E-state index in [1.807, 2.05) is 30.3 Å². The first-order valence-corrected chi connectivity index (χ1v) is 3.94. The van der Waals surface area contributed by atoms with Gasteiger partial charge in [-0.3, -0.25) is 0 Å². The normalized spacial score (nSPS) is 8.62. The van der Waals surface area contributed by atoms with Crippen LogP contribution in [0.2, 0.25) is 0 Å². The third-order valence-corrected chi connectivity index (χ3v) is 1.23. The SMILES string of the molecule is C=CC=C.OC=Cc1ccccc1. The predicted molar refractivity (Wildman–Crippen MR) is 58.5 cm³/mol. The maximum Gasteiger partial charge on any atom is 0.0797 e. The molecule has 0 bridgehead atoms. The number of allylic oxidation sites excluding steroid dienone is 2. The van der Waals surface area contributed by atoms with Gasteiger partial charge >= 0.3 is 0 Å². The second-order valence-electron chi connectivity index (χ2n) is 2.20. The van der Waals surface area contributed by atoms with Crippen LogP contribution in [0.5, 0.6) is 0 Å². The van der Waals surface area contributed by atoms with Gasteiger partial charge in [-0.05, 0) is 11.6 Å². The molecule has 0 saturated heterocycles. The van der Waals surface area contributed by atoms with Gasteiger partial charge in [0.25, 0.3) is 0 Å². The van der Waals surface area contributed by atoms with Crippen LogP contribution in [-0.4, -0.2) is 5.11 Å². The van der Waals surface area contributed by atoms with E-state index in [0.717, 1.165) is 11.8 Å². The average Bonchev–Trinajstić information content (AvgIpc) is 2.20. The molecule has 0 amide bonds. The molecule has 1 aromatic rings. The van der Waals surface area contributed by atoms with Crippen LogP contribution < -0.4 is 0 Å². The molecule has 0 atom stereocenters. The number of aliphatic hydroxyl groups is 1. The Morgan fingerprint density at radius 2 is 1.54 bits per heavy atom. The molecule has 0 aliphatic carbocycles. The molecule has 0 aliphatic rings. The van der Waals surface area contributed by atoms with Gasteiger partial charge in [0.15, 0.2) is 0 Å². The Kier molecular flexibility index (Phi) is 7.21. The Labute approximate surface area is 79.4 Å². The van der Waals surface area contributed by atoms with Crippen LogP contribution in [0.25, 0.3) is 6.08 Å². The molecule has 0 unspecified atom stereocenters. The lowest BCUT2D eigenvalue weighted by molar-refractivity contribution is 0.478. The number of benzene rings is 1. The van der Waals surface area contributed by atoms with Gasteiger partial charge < -0.3 is 5.11 Å². The Balaban J connectivity index is 0.000000310. The maximum absolute atomic E-state index is 8.34. The Hall–Kier alpha value is -1.76. The molecule has 0 aromatic heterocycles. The van der Waals surface area contributed by atoms with Gasteiger partial charge in [0.05, 0.1) is 6.26 Å². The predicted octanol–water partition coefficient (Wildman–Crippen LogP) is 3.57. The van der Waals surface area contributed by atoms with Crippen molar-refractivity contribution in [1.82, 2.24) is 0 Å². The summed E-state index contributed by atoms with van der Waals surface area (Å²) in [5, 5.41) is 8.34. The quantitative estimate of drug-likeness (QED) is 0.536. The van der Waals surface area contributed by atoms with Crippen molar-refractivity contribution in [3.63, 3.8) is 0 Å². The summed E-state index contributed by atoms with van der Waals surface area (Å²) in [5.74, 6) is 0. The van der Waals surface area contributed by atoms with Crippen molar-refractivity contribution in [3.8, 4) is 0 Å². The molecule has 13 heavy (non-hydrogen) atoms. The zero-order chi connectivity index (χ0) is 9.94. The molecule has 1 aromatic carbocycles. The van der Waals surface area contributed by atoms with Crippen LogP contribution >= 0.6 is 0 Å².